The van der Waals surface area contributed by atoms with E-state index in [4.69, 9.17) is 16.0 Å². The maximum atomic E-state index is 14.0. The number of urea groups is 1. The molecule has 11 heteroatoms. The van der Waals surface area contributed by atoms with Crippen molar-refractivity contribution < 1.29 is 36.7 Å². The van der Waals surface area contributed by atoms with Gasteiger partial charge in [-0.05, 0) is 60.7 Å². The van der Waals surface area contributed by atoms with Crippen LogP contribution < -0.4 is 10.6 Å². The molecule has 2 heterocycles. The molecule has 172 valence electrons. The number of Topliss-reactive ketones (excluding diaryl/α,β-unsaturated/α-hetero) is 1. The van der Waals surface area contributed by atoms with E-state index >= 15 is 0 Å². The Balaban J connectivity index is 1.80. The lowest BCUT2D eigenvalue weighted by atomic mass is 9.79. The first kappa shape index (κ1) is 22.8. The topological polar surface area (TPSA) is 91.6 Å². The van der Waals surface area contributed by atoms with Crippen LogP contribution in [0.2, 0.25) is 5.02 Å². The maximum Gasteiger partial charge on any atom is 0.437 e. The molecule has 1 saturated heterocycles. The van der Waals surface area contributed by atoms with Crippen molar-refractivity contribution in [2.45, 2.75) is 17.9 Å². The quantitative estimate of drug-likeness (QED) is 0.366. The molecule has 2 amide bonds. The van der Waals surface area contributed by atoms with Crippen LogP contribution >= 0.6 is 11.6 Å². The molecule has 4 rings (SSSR count). The van der Waals surface area contributed by atoms with Crippen molar-refractivity contribution in [3.63, 3.8) is 0 Å². The van der Waals surface area contributed by atoms with Crippen LogP contribution in [0.15, 0.2) is 65.1 Å². The van der Waals surface area contributed by atoms with Gasteiger partial charge < -0.3 is 20.2 Å². The van der Waals surface area contributed by atoms with Crippen molar-refractivity contribution in [3.8, 4) is 11.3 Å². The maximum absolute atomic E-state index is 14.0. The average molecular weight is 483 g/mol. The highest BCUT2D eigenvalue weighted by molar-refractivity contribution is 6.30. The normalized spacial score (nSPS) is 23.0. The van der Waals surface area contributed by atoms with Crippen molar-refractivity contribution in [1.82, 2.24) is 10.6 Å². The number of nitrogens with one attached hydrogen (secondary N) is 2. The lowest BCUT2D eigenvalue weighted by molar-refractivity contribution is -0.288. The number of rotatable bonds is 4. The van der Waals surface area contributed by atoms with E-state index < -0.39 is 41.5 Å². The lowest BCUT2D eigenvalue weighted by Gasteiger charge is -2.44. The Labute approximate surface area is 189 Å². The highest BCUT2D eigenvalue weighted by atomic mass is 35.5. The number of carbonyl (C=O) groups excluding carboxylic acids is 2. The van der Waals surface area contributed by atoms with Crippen LogP contribution in [0.4, 0.5) is 22.4 Å². The zero-order chi connectivity index (χ0) is 24.0. The first-order valence-corrected chi connectivity index (χ1v) is 9.90. The summed E-state index contributed by atoms with van der Waals surface area (Å²) in [7, 11) is 0. The summed E-state index contributed by atoms with van der Waals surface area (Å²) in [4.78, 5) is 25.3. The molecule has 1 aliphatic heterocycles. The van der Waals surface area contributed by atoms with E-state index in [1.807, 2.05) is 0 Å². The lowest BCUT2D eigenvalue weighted by Crippen LogP contribution is -2.72. The Hall–Kier alpha value is -3.37. The summed E-state index contributed by atoms with van der Waals surface area (Å²) in [6.45, 7) is 0. The van der Waals surface area contributed by atoms with Gasteiger partial charge in [-0.3, -0.25) is 4.79 Å². The van der Waals surface area contributed by atoms with Crippen LogP contribution in [0, 0.1) is 11.7 Å². The number of amides is 2. The van der Waals surface area contributed by atoms with E-state index in [9.17, 15) is 32.3 Å². The van der Waals surface area contributed by atoms with Gasteiger partial charge in [0.25, 0.3) is 0 Å². The number of aliphatic hydroxyl groups is 1. The standard InChI is InChI=1S/C22H15ClF4N2O4/c23-13-5-1-12(2-6-13)19(30)17-18(28-20(31)29-21(17,32)22(25,26)27)16-10-9-15(33-16)11-3-7-14(24)8-4-11/h1-10,17-18,32H,(H2,28,29,31)/t17-,18-,21-/m1/s1. The molecule has 3 N–H and O–H groups in total. The molecule has 0 saturated carbocycles. The van der Waals surface area contributed by atoms with Crippen LogP contribution in [0.3, 0.4) is 0 Å². The van der Waals surface area contributed by atoms with Crippen LogP contribution in [-0.4, -0.2) is 28.8 Å². The first-order valence-electron chi connectivity index (χ1n) is 9.53. The van der Waals surface area contributed by atoms with Gasteiger partial charge in [-0.1, -0.05) is 11.6 Å². The van der Waals surface area contributed by atoms with Crippen molar-refractivity contribution >= 4 is 23.4 Å². The number of hydrogen-bond acceptors (Lipinski definition) is 4. The molecule has 0 bridgehead atoms. The molecule has 0 unspecified atom stereocenters. The van der Waals surface area contributed by atoms with Gasteiger partial charge in [0.1, 0.15) is 29.3 Å². The van der Waals surface area contributed by atoms with Gasteiger partial charge in [-0.15, -0.1) is 0 Å². The Morgan fingerprint density at radius 3 is 2.27 bits per heavy atom. The van der Waals surface area contributed by atoms with Crippen molar-refractivity contribution in [3.05, 3.63) is 82.8 Å². The Morgan fingerprint density at radius 1 is 1.03 bits per heavy atom. The van der Waals surface area contributed by atoms with E-state index in [2.05, 4.69) is 5.32 Å². The molecule has 0 radical (unpaired) electrons. The van der Waals surface area contributed by atoms with Crippen molar-refractivity contribution in [2.75, 3.05) is 0 Å². The molecular weight excluding hydrogens is 468 g/mol. The van der Waals surface area contributed by atoms with Crippen LogP contribution in [0.25, 0.3) is 11.3 Å². The third-order valence-corrected chi connectivity index (χ3v) is 5.53. The zero-order valence-corrected chi connectivity index (χ0v) is 17.2. The minimum Gasteiger partial charge on any atom is -0.459 e. The van der Waals surface area contributed by atoms with Crippen molar-refractivity contribution in [1.29, 1.82) is 0 Å². The van der Waals surface area contributed by atoms with E-state index in [0.29, 0.717) is 5.56 Å². The van der Waals surface area contributed by atoms with Crippen molar-refractivity contribution in [2.24, 2.45) is 5.92 Å². The molecule has 0 spiro atoms. The molecule has 33 heavy (non-hydrogen) atoms. The monoisotopic (exact) mass is 482 g/mol. The van der Waals surface area contributed by atoms with Gasteiger partial charge in [-0.2, -0.15) is 13.2 Å². The number of alkyl halides is 3. The van der Waals surface area contributed by atoms with E-state index in [1.165, 1.54) is 66.0 Å². The van der Waals surface area contributed by atoms with Gasteiger partial charge in [0.05, 0.1) is 0 Å². The Morgan fingerprint density at radius 2 is 1.67 bits per heavy atom. The van der Waals surface area contributed by atoms with E-state index in [0.717, 1.165) is 0 Å². The fourth-order valence-electron chi connectivity index (χ4n) is 3.66. The highest BCUT2D eigenvalue weighted by Gasteiger charge is 2.66. The molecule has 3 atom stereocenters. The fraction of sp³-hybridized carbons (Fsp3) is 0.182. The van der Waals surface area contributed by atoms with Gasteiger partial charge in [0, 0.05) is 16.1 Å². The van der Waals surface area contributed by atoms with Gasteiger partial charge in [0.2, 0.25) is 5.72 Å². The highest BCUT2D eigenvalue weighted by Crippen LogP contribution is 2.44. The smallest absolute Gasteiger partial charge is 0.437 e. The number of furan rings is 1. The molecular formula is C22H15ClF4N2O4. The molecule has 1 fully saturated rings. The molecule has 1 aliphatic rings. The number of hydrogen-bond donors (Lipinski definition) is 3. The number of benzene rings is 2. The number of carbonyl (C=O) groups is 2. The van der Waals surface area contributed by atoms with Gasteiger partial charge in [0.15, 0.2) is 5.78 Å². The van der Waals surface area contributed by atoms with E-state index in [1.54, 1.807) is 0 Å². The van der Waals surface area contributed by atoms with Gasteiger partial charge >= 0.3 is 12.2 Å². The summed E-state index contributed by atoms with van der Waals surface area (Å²) < 4.78 is 60.7. The summed E-state index contributed by atoms with van der Waals surface area (Å²) in [5.41, 5.74) is -3.64. The summed E-state index contributed by atoms with van der Waals surface area (Å²) in [6, 6.07) is 9.79. The minimum absolute atomic E-state index is 0.158. The average Bonchev–Trinajstić information content (AvgIpc) is 3.23. The predicted molar refractivity (Wildman–Crippen MR) is 109 cm³/mol. The molecule has 0 aliphatic carbocycles. The Bertz CT molecular complexity index is 1190. The largest absolute Gasteiger partial charge is 0.459 e. The number of ketones is 1. The fourth-order valence-corrected chi connectivity index (χ4v) is 3.79. The third-order valence-electron chi connectivity index (χ3n) is 5.28. The predicted octanol–water partition coefficient (Wildman–Crippen LogP) is 4.84. The zero-order valence-electron chi connectivity index (χ0n) is 16.5. The summed E-state index contributed by atoms with van der Waals surface area (Å²) in [5.74, 6) is -3.91. The van der Waals surface area contributed by atoms with E-state index in [-0.39, 0.29) is 22.1 Å². The van der Waals surface area contributed by atoms with Crippen LogP contribution in [-0.2, 0) is 0 Å². The molecule has 2 aromatic carbocycles. The Kier molecular flexibility index (Phi) is 5.67. The van der Waals surface area contributed by atoms with Crippen LogP contribution in [0.1, 0.15) is 22.2 Å². The SMILES string of the molecule is O=C1N[C@H](c2ccc(-c3ccc(F)cc3)o2)[C@H](C(=O)c2ccc(Cl)cc2)[C@@](O)(C(F)(F)F)N1. The van der Waals surface area contributed by atoms with Crippen LogP contribution in [0.5, 0.6) is 0 Å². The third kappa shape index (κ3) is 4.19. The second kappa shape index (κ2) is 8.20. The summed E-state index contributed by atoms with van der Waals surface area (Å²) >= 11 is 5.80. The van der Waals surface area contributed by atoms with Gasteiger partial charge in [-0.25, -0.2) is 9.18 Å². The first-order chi connectivity index (χ1) is 15.5. The summed E-state index contributed by atoms with van der Waals surface area (Å²) in [5, 5.41) is 14.5. The molecule has 1 aromatic heterocycles. The second-order valence-corrected chi connectivity index (χ2v) is 7.83. The summed E-state index contributed by atoms with van der Waals surface area (Å²) in [6.07, 6.45) is -5.40. The molecule has 3 aromatic rings. The minimum atomic E-state index is -5.40. The molecule has 6 nitrogen and oxygen atoms in total. The second-order valence-electron chi connectivity index (χ2n) is 7.40. The number of halogens is 5.